The van der Waals surface area contributed by atoms with Crippen molar-refractivity contribution in [3.05, 3.63) is 64.7 Å². The molecule has 2 aromatic rings. The third-order valence-electron chi connectivity index (χ3n) is 3.86. The zero-order chi connectivity index (χ0) is 21.4. The van der Waals surface area contributed by atoms with Crippen LogP contribution in [0.5, 0.6) is 0 Å². The fourth-order valence-electron chi connectivity index (χ4n) is 2.67. The van der Waals surface area contributed by atoms with Gasteiger partial charge in [0.1, 0.15) is 0 Å². The Kier molecular flexibility index (Phi) is 8.04. The van der Waals surface area contributed by atoms with E-state index in [4.69, 9.17) is 16.3 Å². The summed E-state index contributed by atoms with van der Waals surface area (Å²) in [5.41, 5.74) is -0.723. The van der Waals surface area contributed by atoms with Crippen LogP contribution in [0, 0.1) is 0 Å². The second kappa shape index (κ2) is 10.3. The normalized spacial score (nSPS) is 11.4. The third kappa shape index (κ3) is 7.07. The van der Waals surface area contributed by atoms with Crippen molar-refractivity contribution in [3.8, 4) is 0 Å². The summed E-state index contributed by atoms with van der Waals surface area (Å²) in [6.45, 7) is 1.56. The quantitative estimate of drug-likeness (QED) is 0.634. The molecule has 29 heavy (non-hydrogen) atoms. The standard InChI is InChI=1S/C20H20ClF3N2O3/c1-2-29-18(28)13-26(11-14-7-4-3-5-8-14)12-17(27)25-19-15(20(22,23)24)9-6-10-16(19)21/h3-10H,2,11-13H2,1H3,(H,25,27). The van der Waals surface area contributed by atoms with Crippen LogP contribution in [0.15, 0.2) is 48.5 Å². The predicted molar refractivity (Wildman–Crippen MR) is 103 cm³/mol. The monoisotopic (exact) mass is 428 g/mol. The highest BCUT2D eigenvalue weighted by atomic mass is 35.5. The topological polar surface area (TPSA) is 58.6 Å². The average Bonchev–Trinajstić information content (AvgIpc) is 2.63. The lowest BCUT2D eigenvalue weighted by Crippen LogP contribution is -2.37. The molecule has 0 atom stereocenters. The van der Waals surface area contributed by atoms with E-state index in [-0.39, 0.29) is 31.3 Å². The molecule has 0 radical (unpaired) electrons. The van der Waals surface area contributed by atoms with Crippen molar-refractivity contribution in [2.24, 2.45) is 0 Å². The fraction of sp³-hybridized carbons (Fsp3) is 0.300. The Morgan fingerprint density at radius 1 is 1.07 bits per heavy atom. The van der Waals surface area contributed by atoms with Crippen LogP contribution < -0.4 is 5.32 Å². The minimum atomic E-state index is -4.68. The minimum absolute atomic E-state index is 0.179. The molecule has 0 aromatic heterocycles. The number of anilines is 1. The van der Waals surface area contributed by atoms with E-state index < -0.39 is 29.3 Å². The lowest BCUT2D eigenvalue weighted by atomic mass is 10.1. The number of hydrogen-bond donors (Lipinski definition) is 1. The number of amides is 1. The van der Waals surface area contributed by atoms with Gasteiger partial charge in [0, 0.05) is 6.54 Å². The van der Waals surface area contributed by atoms with E-state index >= 15 is 0 Å². The van der Waals surface area contributed by atoms with E-state index in [0.29, 0.717) is 0 Å². The first kappa shape index (κ1) is 22.7. The molecule has 9 heteroatoms. The maximum absolute atomic E-state index is 13.2. The summed E-state index contributed by atoms with van der Waals surface area (Å²) in [6, 6.07) is 12.3. The van der Waals surface area contributed by atoms with Crippen molar-refractivity contribution < 1.29 is 27.5 Å². The van der Waals surface area contributed by atoms with Gasteiger partial charge in [-0.05, 0) is 24.6 Å². The molecule has 0 saturated heterocycles. The summed E-state index contributed by atoms with van der Waals surface area (Å²) in [7, 11) is 0. The molecule has 0 heterocycles. The lowest BCUT2D eigenvalue weighted by molar-refractivity contribution is -0.144. The number of alkyl halides is 3. The number of carbonyl (C=O) groups is 2. The van der Waals surface area contributed by atoms with Gasteiger partial charge in [0.05, 0.1) is 36.0 Å². The minimum Gasteiger partial charge on any atom is -0.465 e. The number of para-hydroxylation sites is 1. The van der Waals surface area contributed by atoms with Gasteiger partial charge in [0.15, 0.2) is 0 Å². The lowest BCUT2D eigenvalue weighted by Gasteiger charge is -2.22. The Morgan fingerprint density at radius 3 is 2.38 bits per heavy atom. The van der Waals surface area contributed by atoms with E-state index in [1.54, 1.807) is 19.1 Å². The zero-order valence-electron chi connectivity index (χ0n) is 15.6. The van der Waals surface area contributed by atoms with E-state index in [1.165, 1.54) is 11.0 Å². The highest BCUT2D eigenvalue weighted by Gasteiger charge is 2.35. The second-order valence-corrected chi connectivity index (χ2v) is 6.55. The molecule has 0 saturated carbocycles. The number of rotatable bonds is 8. The maximum Gasteiger partial charge on any atom is 0.418 e. The molecule has 0 spiro atoms. The second-order valence-electron chi connectivity index (χ2n) is 6.14. The number of ether oxygens (including phenoxy) is 1. The Labute approximate surface area is 171 Å². The van der Waals surface area contributed by atoms with Gasteiger partial charge in [-0.15, -0.1) is 0 Å². The largest absolute Gasteiger partial charge is 0.465 e. The Morgan fingerprint density at radius 2 is 1.76 bits per heavy atom. The summed E-state index contributed by atoms with van der Waals surface area (Å²) in [5, 5.41) is 1.99. The van der Waals surface area contributed by atoms with E-state index in [2.05, 4.69) is 5.32 Å². The van der Waals surface area contributed by atoms with Gasteiger partial charge < -0.3 is 10.1 Å². The molecule has 0 aliphatic heterocycles. The van der Waals surface area contributed by atoms with Crippen LogP contribution >= 0.6 is 11.6 Å². The van der Waals surface area contributed by atoms with Crippen molar-refractivity contribution in [3.63, 3.8) is 0 Å². The van der Waals surface area contributed by atoms with Crippen molar-refractivity contribution >= 4 is 29.2 Å². The number of esters is 1. The molecule has 0 aliphatic carbocycles. The molecule has 0 unspecified atom stereocenters. The molecule has 156 valence electrons. The van der Waals surface area contributed by atoms with E-state index in [9.17, 15) is 22.8 Å². The average molecular weight is 429 g/mol. The van der Waals surface area contributed by atoms with Crippen molar-refractivity contribution in [1.29, 1.82) is 0 Å². The first-order valence-electron chi connectivity index (χ1n) is 8.78. The van der Waals surface area contributed by atoms with Crippen LogP contribution in [0.3, 0.4) is 0 Å². The molecule has 1 amide bonds. The van der Waals surface area contributed by atoms with Crippen LogP contribution in [0.4, 0.5) is 18.9 Å². The first-order chi connectivity index (χ1) is 13.7. The SMILES string of the molecule is CCOC(=O)CN(CC(=O)Nc1c(Cl)cccc1C(F)(F)F)Cc1ccccc1. The molecule has 1 N–H and O–H groups in total. The molecular formula is C20H20ClF3N2O3. The summed E-state index contributed by atoms with van der Waals surface area (Å²) < 4.78 is 44.5. The van der Waals surface area contributed by atoms with Crippen molar-refractivity contribution in [2.45, 2.75) is 19.6 Å². The van der Waals surface area contributed by atoms with Gasteiger partial charge in [-0.3, -0.25) is 14.5 Å². The summed E-state index contributed by atoms with van der Waals surface area (Å²) >= 11 is 5.87. The van der Waals surface area contributed by atoms with Gasteiger partial charge in [-0.1, -0.05) is 48.0 Å². The molecule has 2 rings (SSSR count). The number of nitrogens with one attached hydrogen (secondary N) is 1. The molecule has 0 aliphatic rings. The summed E-state index contributed by atoms with van der Waals surface area (Å²) in [5.74, 6) is -1.27. The van der Waals surface area contributed by atoms with E-state index in [0.717, 1.165) is 17.7 Å². The summed E-state index contributed by atoms with van der Waals surface area (Å²) in [4.78, 5) is 25.8. The molecule has 0 bridgehead atoms. The molecule has 5 nitrogen and oxygen atoms in total. The van der Waals surface area contributed by atoms with Gasteiger partial charge in [0.25, 0.3) is 0 Å². The van der Waals surface area contributed by atoms with Gasteiger partial charge in [-0.25, -0.2) is 0 Å². The Bertz CT molecular complexity index is 845. The number of hydrogen-bond acceptors (Lipinski definition) is 4. The van der Waals surface area contributed by atoms with Gasteiger partial charge in [-0.2, -0.15) is 13.2 Å². The van der Waals surface area contributed by atoms with Gasteiger partial charge in [0.2, 0.25) is 5.91 Å². The van der Waals surface area contributed by atoms with Crippen LogP contribution in [0.25, 0.3) is 0 Å². The zero-order valence-corrected chi connectivity index (χ0v) is 16.4. The van der Waals surface area contributed by atoms with Crippen LogP contribution in [-0.2, 0) is 27.0 Å². The van der Waals surface area contributed by atoms with Crippen LogP contribution in [0.2, 0.25) is 5.02 Å². The number of carbonyl (C=O) groups excluding carboxylic acids is 2. The third-order valence-corrected chi connectivity index (χ3v) is 4.17. The van der Waals surface area contributed by atoms with E-state index in [1.807, 2.05) is 18.2 Å². The smallest absolute Gasteiger partial charge is 0.418 e. The van der Waals surface area contributed by atoms with Crippen molar-refractivity contribution in [2.75, 3.05) is 25.0 Å². The Balaban J connectivity index is 2.16. The van der Waals surface area contributed by atoms with Crippen LogP contribution in [0.1, 0.15) is 18.1 Å². The predicted octanol–water partition coefficient (Wildman–Crippen LogP) is 4.36. The number of halogens is 4. The van der Waals surface area contributed by atoms with Crippen LogP contribution in [-0.4, -0.2) is 36.5 Å². The molecule has 2 aromatic carbocycles. The summed E-state index contributed by atoms with van der Waals surface area (Å²) in [6.07, 6.45) is -4.68. The number of nitrogens with zero attached hydrogens (tertiary/aromatic N) is 1. The molecule has 0 fully saturated rings. The highest BCUT2D eigenvalue weighted by Crippen LogP contribution is 2.38. The fourth-order valence-corrected chi connectivity index (χ4v) is 2.89. The van der Waals surface area contributed by atoms with Gasteiger partial charge >= 0.3 is 12.1 Å². The first-order valence-corrected chi connectivity index (χ1v) is 9.16. The Hall–Kier alpha value is -2.58. The van der Waals surface area contributed by atoms with Crippen molar-refractivity contribution in [1.82, 2.24) is 4.90 Å². The maximum atomic E-state index is 13.2. The molecular weight excluding hydrogens is 409 g/mol. The number of benzene rings is 2. The highest BCUT2D eigenvalue weighted by molar-refractivity contribution is 6.34.